The number of ether oxygens (including phenoxy) is 1. The molecule has 0 aliphatic carbocycles. The first-order chi connectivity index (χ1) is 7.65. The standard InChI is InChI=1S/C13H16O3/c1-3-7-12(10(2)13(14)15)16-11-8-5-4-6-9-11/h4-6,8-9H,3,7H2,1-2H3,(H,14,15)/b12-10+. The Balaban J connectivity index is 2.88. The van der Waals surface area contributed by atoms with Gasteiger partial charge in [0.25, 0.3) is 0 Å². The number of hydrogen-bond acceptors (Lipinski definition) is 2. The van der Waals surface area contributed by atoms with E-state index < -0.39 is 5.97 Å². The molecule has 0 saturated heterocycles. The number of para-hydroxylation sites is 1. The van der Waals surface area contributed by atoms with Crippen molar-refractivity contribution in [2.24, 2.45) is 0 Å². The molecule has 0 aromatic heterocycles. The maximum absolute atomic E-state index is 10.9. The van der Waals surface area contributed by atoms with Crippen LogP contribution in [-0.2, 0) is 4.79 Å². The molecule has 3 nitrogen and oxygen atoms in total. The largest absolute Gasteiger partial charge is 0.478 e. The fraction of sp³-hybridized carbons (Fsp3) is 0.308. The molecule has 1 aromatic carbocycles. The van der Waals surface area contributed by atoms with Gasteiger partial charge >= 0.3 is 5.97 Å². The zero-order chi connectivity index (χ0) is 12.0. The predicted octanol–water partition coefficient (Wildman–Crippen LogP) is 3.22. The molecule has 1 rings (SSSR count). The molecule has 0 fully saturated rings. The number of hydrogen-bond donors (Lipinski definition) is 1. The molecule has 0 heterocycles. The van der Waals surface area contributed by atoms with E-state index in [0.29, 0.717) is 17.9 Å². The summed E-state index contributed by atoms with van der Waals surface area (Å²) < 4.78 is 5.58. The number of carbonyl (C=O) groups is 1. The van der Waals surface area contributed by atoms with Crippen molar-refractivity contribution in [1.82, 2.24) is 0 Å². The van der Waals surface area contributed by atoms with E-state index in [2.05, 4.69) is 0 Å². The van der Waals surface area contributed by atoms with Gasteiger partial charge in [-0.15, -0.1) is 0 Å². The summed E-state index contributed by atoms with van der Waals surface area (Å²) in [5.74, 6) is 0.270. The van der Waals surface area contributed by atoms with E-state index in [1.807, 2.05) is 37.3 Å². The van der Waals surface area contributed by atoms with Gasteiger partial charge in [-0.25, -0.2) is 4.79 Å². The normalized spacial score (nSPS) is 11.9. The summed E-state index contributed by atoms with van der Waals surface area (Å²) in [5, 5.41) is 8.92. The van der Waals surface area contributed by atoms with E-state index in [-0.39, 0.29) is 5.57 Å². The van der Waals surface area contributed by atoms with Gasteiger partial charge in [0.05, 0.1) is 5.57 Å². The molecular formula is C13H16O3. The minimum absolute atomic E-state index is 0.269. The van der Waals surface area contributed by atoms with Crippen LogP contribution in [0, 0.1) is 0 Å². The maximum atomic E-state index is 10.9. The first kappa shape index (κ1) is 12.3. The summed E-state index contributed by atoms with van der Waals surface area (Å²) in [6.45, 7) is 3.56. The first-order valence-corrected chi connectivity index (χ1v) is 5.31. The van der Waals surface area contributed by atoms with Crippen molar-refractivity contribution >= 4 is 5.97 Å². The number of benzene rings is 1. The number of aliphatic carboxylic acids is 1. The SMILES string of the molecule is CCC/C(Oc1ccccc1)=C(/C)C(=O)O. The maximum Gasteiger partial charge on any atom is 0.334 e. The third kappa shape index (κ3) is 3.42. The number of rotatable bonds is 5. The summed E-state index contributed by atoms with van der Waals surface area (Å²) in [6.07, 6.45) is 1.49. The van der Waals surface area contributed by atoms with E-state index in [1.54, 1.807) is 6.92 Å². The van der Waals surface area contributed by atoms with Crippen LogP contribution in [-0.4, -0.2) is 11.1 Å². The van der Waals surface area contributed by atoms with Crippen molar-refractivity contribution in [3.63, 3.8) is 0 Å². The molecule has 1 aromatic rings. The van der Waals surface area contributed by atoms with Crippen LogP contribution in [0.5, 0.6) is 5.75 Å². The van der Waals surface area contributed by atoms with E-state index in [9.17, 15) is 4.79 Å². The highest BCUT2D eigenvalue weighted by Crippen LogP contribution is 2.18. The Labute approximate surface area is 95.4 Å². The Hall–Kier alpha value is -1.77. The summed E-state index contributed by atoms with van der Waals surface area (Å²) >= 11 is 0. The molecule has 0 aliphatic rings. The highest BCUT2D eigenvalue weighted by Gasteiger charge is 2.10. The smallest absolute Gasteiger partial charge is 0.334 e. The summed E-state index contributed by atoms with van der Waals surface area (Å²) in [6, 6.07) is 9.22. The molecule has 0 saturated carbocycles. The van der Waals surface area contributed by atoms with Gasteiger partial charge < -0.3 is 9.84 Å². The minimum Gasteiger partial charge on any atom is -0.478 e. The van der Waals surface area contributed by atoms with Crippen molar-refractivity contribution in [3.8, 4) is 5.75 Å². The van der Waals surface area contributed by atoms with Crippen molar-refractivity contribution in [2.45, 2.75) is 26.7 Å². The lowest BCUT2D eigenvalue weighted by Gasteiger charge is -2.11. The van der Waals surface area contributed by atoms with Gasteiger partial charge in [-0.2, -0.15) is 0 Å². The van der Waals surface area contributed by atoms with Crippen molar-refractivity contribution in [2.75, 3.05) is 0 Å². The Kier molecular flexibility index (Phi) is 4.58. The Morgan fingerprint density at radius 1 is 1.31 bits per heavy atom. The van der Waals surface area contributed by atoms with Gasteiger partial charge in [-0.1, -0.05) is 25.1 Å². The third-order valence-corrected chi connectivity index (χ3v) is 2.20. The lowest BCUT2D eigenvalue weighted by atomic mass is 10.2. The zero-order valence-corrected chi connectivity index (χ0v) is 9.56. The van der Waals surface area contributed by atoms with Gasteiger partial charge in [0, 0.05) is 6.42 Å². The third-order valence-electron chi connectivity index (χ3n) is 2.20. The molecule has 0 radical (unpaired) electrons. The molecule has 0 spiro atoms. The topological polar surface area (TPSA) is 46.5 Å². The van der Waals surface area contributed by atoms with Crippen molar-refractivity contribution in [3.05, 3.63) is 41.7 Å². The van der Waals surface area contributed by atoms with Crippen molar-refractivity contribution < 1.29 is 14.6 Å². The van der Waals surface area contributed by atoms with E-state index in [1.165, 1.54) is 0 Å². The van der Waals surface area contributed by atoms with Gasteiger partial charge in [0.15, 0.2) is 0 Å². The monoisotopic (exact) mass is 220 g/mol. The molecule has 16 heavy (non-hydrogen) atoms. The van der Waals surface area contributed by atoms with E-state index in [4.69, 9.17) is 9.84 Å². The molecule has 86 valence electrons. The Bertz CT molecular complexity index is 379. The number of allylic oxidation sites excluding steroid dienone is 1. The van der Waals surface area contributed by atoms with E-state index in [0.717, 1.165) is 6.42 Å². The highest BCUT2D eigenvalue weighted by molar-refractivity contribution is 5.86. The number of carboxylic acid groups (broad SMARTS) is 1. The van der Waals surface area contributed by atoms with Crippen LogP contribution in [0.1, 0.15) is 26.7 Å². The number of carboxylic acids is 1. The molecule has 0 unspecified atom stereocenters. The second kappa shape index (κ2) is 5.95. The second-order valence-corrected chi connectivity index (χ2v) is 3.52. The first-order valence-electron chi connectivity index (χ1n) is 5.31. The molecule has 0 aliphatic heterocycles. The predicted molar refractivity (Wildman–Crippen MR) is 62.3 cm³/mol. The van der Waals surface area contributed by atoms with Gasteiger partial charge in [0.2, 0.25) is 0 Å². The van der Waals surface area contributed by atoms with Gasteiger partial charge in [-0.3, -0.25) is 0 Å². The molecule has 1 N–H and O–H groups in total. The fourth-order valence-corrected chi connectivity index (χ4v) is 1.29. The van der Waals surface area contributed by atoms with Crippen LogP contribution in [0.25, 0.3) is 0 Å². The quantitative estimate of drug-likeness (QED) is 0.612. The van der Waals surface area contributed by atoms with Crippen molar-refractivity contribution in [1.29, 1.82) is 0 Å². The van der Waals surface area contributed by atoms with Crippen LogP contribution in [0.2, 0.25) is 0 Å². The van der Waals surface area contributed by atoms with Crippen LogP contribution < -0.4 is 4.74 Å². The minimum atomic E-state index is -0.931. The highest BCUT2D eigenvalue weighted by atomic mass is 16.5. The molecule has 3 heteroatoms. The Morgan fingerprint density at radius 3 is 2.44 bits per heavy atom. The average Bonchev–Trinajstić information content (AvgIpc) is 2.29. The van der Waals surface area contributed by atoms with Gasteiger partial charge in [0.1, 0.15) is 11.5 Å². The summed E-state index contributed by atoms with van der Waals surface area (Å²) in [4.78, 5) is 10.9. The lowest BCUT2D eigenvalue weighted by Crippen LogP contribution is -2.06. The summed E-state index contributed by atoms with van der Waals surface area (Å²) in [5.41, 5.74) is 0.269. The van der Waals surface area contributed by atoms with Crippen LogP contribution in [0.15, 0.2) is 41.7 Å². The molecule has 0 atom stereocenters. The van der Waals surface area contributed by atoms with Crippen LogP contribution >= 0.6 is 0 Å². The average molecular weight is 220 g/mol. The zero-order valence-electron chi connectivity index (χ0n) is 9.56. The molecule has 0 amide bonds. The molecule has 0 bridgehead atoms. The fourth-order valence-electron chi connectivity index (χ4n) is 1.29. The van der Waals surface area contributed by atoms with Crippen LogP contribution in [0.4, 0.5) is 0 Å². The van der Waals surface area contributed by atoms with E-state index >= 15 is 0 Å². The molecular weight excluding hydrogens is 204 g/mol. The second-order valence-electron chi connectivity index (χ2n) is 3.52. The Morgan fingerprint density at radius 2 is 1.94 bits per heavy atom. The summed E-state index contributed by atoms with van der Waals surface area (Å²) in [7, 11) is 0. The van der Waals surface area contributed by atoms with Gasteiger partial charge in [-0.05, 0) is 25.5 Å². The van der Waals surface area contributed by atoms with Crippen LogP contribution in [0.3, 0.4) is 0 Å². The lowest BCUT2D eigenvalue weighted by molar-refractivity contribution is -0.132.